The molecule has 4 aromatic rings. The highest BCUT2D eigenvalue weighted by Crippen LogP contribution is 2.41. The molecule has 34 heavy (non-hydrogen) atoms. The summed E-state index contributed by atoms with van der Waals surface area (Å²) in [6.45, 7) is 3.68. The molecule has 0 atom stereocenters. The first-order chi connectivity index (χ1) is 16.1. The third-order valence-electron chi connectivity index (χ3n) is 5.19. The fraction of sp³-hybridized carbons (Fsp3) is 0.364. The summed E-state index contributed by atoms with van der Waals surface area (Å²) in [7, 11) is 0. The summed E-state index contributed by atoms with van der Waals surface area (Å²) in [5.41, 5.74) is 9.06. The van der Waals surface area contributed by atoms with Gasteiger partial charge in [0, 0.05) is 34.2 Å². The second kappa shape index (κ2) is 8.20. The van der Waals surface area contributed by atoms with Crippen molar-refractivity contribution in [2.45, 2.75) is 45.1 Å². The Morgan fingerprint density at radius 2 is 1.97 bits per heavy atom. The Morgan fingerprint density at radius 1 is 1.15 bits per heavy atom. The van der Waals surface area contributed by atoms with Crippen LogP contribution in [0, 0.1) is 0 Å². The smallest absolute Gasteiger partial charge is 0.408 e. The van der Waals surface area contributed by atoms with Crippen molar-refractivity contribution >= 4 is 11.3 Å². The second-order valence-electron chi connectivity index (χ2n) is 8.87. The van der Waals surface area contributed by atoms with E-state index in [0.717, 1.165) is 32.6 Å². The maximum atomic E-state index is 12.9. The van der Waals surface area contributed by atoms with Crippen LogP contribution in [0.25, 0.3) is 33.2 Å². The second-order valence-corrected chi connectivity index (χ2v) is 9.96. The number of aromatic nitrogens is 6. The van der Waals surface area contributed by atoms with Gasteiger partial charge in [0.15, 0.2) is 10.8 Å². The van der Waals surface area contributed by atoms with Gasteiger partial charge < -0.3 is 10.5 Å². The fourth-order valence-corrected chi connectivity index (χ4v) is 4.89. The zero-order valence-electron chi connectivity index (χ0n) is 18.5. The van der Waals surface area contributed by atoms with Crippen molar-refractivity contribution < 1.29 is 17.9 Å². The van der Waals surface area contributed by atoms with Crippen LogP contribution in [0.2, 0.25) is 0 Å². The number of nitrogens with two attached hydrogens (primary N) is 1. The molecular weight excluding hydrogens is 467 g/mol. The monoisotopic (exact) mass is 489 g/mol. The summed E-state index contributed by atoms with van der Waals surface area (Å²) in [4.78, 5) is 9.61. The Balaban J connectivity index is 1.48. The molecule has 4 heterocycles. The predicted molar refractivity (Wildman–Crippen MR) is 121 cm³/mol. The molecule has 8 nitrogen and oxygen atoms in total. The molecule has 0 amide bonds. The third kappa shape index (κ3) is 4.68. The van der Waals surface area contributed by atoms with Gasteiger partial charge in [0.25, 0.3) is 0 Å². The van der Waals surface area contributed by atoms with E-state index in [9.17, 15) is 13.2 Å². The molecule has 12 heteroatoms. The van der Waals surface area contributed by atoms with Gasteiger partial charge in [-0.2, -0.15) is 23.4 Å². The van der Waals surface area contributed by atoms with E-state index in [1.54, 1.807) is 6.20 Å². The van der Waals surface area contributed by atoms with E-state index in [2.05, 4.69) is 20.2 Å². The lowest BCUT2D eigenvalue weighted by atomic mass is 10.0. The number of hydrogen-bond acceptors (Lipinski definition) is 7. The zero-order valence-corrected chi connectivity index (χ0v) is 19.3. The topological polar surface area (TPSA) is 96.7 Å². The summed E-state index contributed by atoms with van der Waals surface area (Å²) in [5, 5.41) is 8.53. The molecule has 0 bridgehead atoms. The highest BCUT2D eigenvalue weighted by molar-refractivity contribution is 7.15. The molecule has 1 aliphatic rings. The van der Waals surface area contributed by atoms with Crippen molar-refractivity contribution in [1.82, 2.24) is 29.5 Å². The largest absolute Gasteiger partial charge is 0.492 e. The van der Waals surface area contributed by atoms with Crippen molar-refractivity contribution in [3.05, 3.63) is 41.8 Å². The minimum absolute atomic E-state index is 0.102. The molecule has 1 aromatic carbocycles. The van der Waals surface area contributed by atoms with Gasteiger partial charge in [0.1, 0.15) is 18.6 Å². The van der Waals surface area contributed by atoms with E-state index >= 15 is 0 Å². The molecule has 0 spiro atoms. The molecule has 5 rings (SSSR count). The van der Waals surface area contributed by atoms with E-state index in [-0.39, 0.29) is 11.4 Å². The van der Waals surface area contributed by atoms with E-state index < -0.39 is 12.7 Å². The molecule has 0 radical (unpaired) electrons. The zero-order chi connectivity index (χ0) is 24.1. The lowest BCUT2D eigenvalue weighted by Crippen LogP contribution is -2.37. The van der Waals surface area contributed by atoms with Gasteiger partial charge in [0.2, 0.25) is 0 Å². The van der Waals surface area contributed by atoms with Gasteiger partial charge in [-0.15, -0.1) is 11.3 Å². The van der Waals surface area contributed by atoms with Crippen LogP contribution in [0.15, 0.2) is 36.9 Å². The van der Waals surface area contributed by atoms with Crippen LogP contribution in [0.1, 0.15) is 18.7 Å². The average Bonchev–Trinajstić information content (AvgIpc) is 3.44. The van der Waals surface area contributed by atoms with Crippen LogP contribution in [0.3, 0.4) is 0 Å². The Labute approximate surface area is 197 Å². The highest BCUT2D eigenvalue weighted by Gasteiger charge is 2.31. The van der Waals surface area contributed by atoms with Crippen LogP contribution in [0.4, 0.5) is 13.2 Å². The standard InChI is InChI=1S/C22H22F3N7OS/c1-21(2,26)10-31-9-14(8-28-31)13-3-4-15-16(7-13)33-6-5-17-18(15)30-20(34-17)19-27-12-29-32(19)11-22(23,24)25/h3-4,7-9,12H,5-6,10-11,26H2,1-2H3. The van der Waals surface area contributed by atoms with E-state index in [1.165, 1.54) is 11.3 Å². The molecule has 3 aromatic heterocycles. The molecule has 0 saturated heterocycles. The Hall–Kier alpha value is -3.25. The first-order valence-corrected chi connectivity index (χ1v) is 11.4. The first-order valence-electron chi connectivity index (χ1n) is 10.6. The Bertz CT molecular complexity index is 1330. The van der Waals surface area contributed by atoms with Crippen LogP contribution in [-0.4, -0.2) is 47.9 Å². The lowest BCUT2D eigenvalue weighted by Gasteiger charge is -2.17. The van der Waals surface area contributed by atoms with E-state index in [4.69, 9.17) is 10.5 Å². The van der Waals surface area contributed by atoms with Gasteiger partial charge in [-0.05, 0) is 31.5 Å². The number of fused-ring (bicyclic) bond motifs is 3. The van der Waals surface area contributed by atoms with Crippen LogP contribution >= 0.6 is 11.3 Å². The maximum Gasteiger partial charge on any atom is 0.408 e. The van der Waals surface area contributed by atoms with Gasteiger partial charge in [-0.3, -0.25) is 4.68 Å². The molecule has 0 aliphatic carbocycles. The molecule has 1 aliphatic heterocycles. The highest BCUT2D eigenvalue weighted by atomic mass is 32.1. The Kier molecular flexibility index (Phi) is 5.44. The number of ether oxygens (including phenoxy) is 1. The van der Waals surface area contributed by atoms with E-state index in [1.807, 2.05) is 42.9 Å². The SMILES string of the molecule is CC(C)(N)Cn1cc(-c2ccc3c(c2)OCCc2sc(-c4ncnn4CC(F)(F)F)nc2-3)cn1. The molecule has 0 saturated carbocycles. The van der Waals surface area contributed by atoms with Crippen LogP contribution < -0.4 is 10.5 Å². The van der Waals surface area contributed by atoms with Gasteiger partial charge in [-0.1, -0.05) is 6.07 Å². The number of thiazole rings is 1. The number of hydrogen-bond donors (Lipinski definition) is 1. The maximum absolute atomic E-state index is 12.9. The molecule has 0 unspecified atom stereocenters. The Morgan fingerprint density at radius 3 is 2.74 bits per heavy atom. The molecular formula is C22H22F3N7OS. The summed E-state index contributed by atoms with van der Waals surface area (Å²) in [6.07, 6.45) is 1.02. The third-order valence-corrected chi connectivity index (χ3v) is 6.30. The van der Waals surface area contributed by atoms with Crippen molar-refractivity contribution in [3.8, 4) is 39.0 Å². The van der Waals surface area contributed by atoms with Crippen molar-refractivity contribution in [2.75, 3.05) is 6.61 Å². The van der Waals surface area contributed by atoms with Crippen LogP contribution in [0.5, 0.6) is 5.75 Å². The minimum Gasteiger partial charge on any atom is -0.492 e. The summed E-state index contributed by atoms with van der Waals surface area (Å²) >= 11 is 1.31. The number of alkyl halides is 3. The summed E-state index contributed by atoms with van der Waals surface area (Å²) in [6, 6.07) is 5.81. The minimum atomic E-state index is -4.40. The average molecular weight is 490 g/mol. The van der Waals surface area contributed by atoms with Gasteiger partial charge in [-0.25, -0.2) is 14.6 Å². The number of nitrogens with zero attached hydrogens (tertiary/aromatic N) is 6. The van der Waals surface area contributed by atoms with Crippen LogP contribution in [-0.2, 0) is 19.5 Å². The number of rotatable bonds is 5. The normalized spacial score (nSPS) is 13.8. The summed E-state index contributed by atoms with van der Waals surface area (Å²) in [5.74, 6) is 0.765. The summed E-state index contributed by atoms with van der Waals surface area (Å²) < 4.78 is 47.4. The first kappa shape index (κ1) is 22.5. The van der Waals surface area contributed by atoms with Crippen molar-refractivity contribution in [2.24, 2.45) is 5.73 Å². The quantitative estimate of drug-likeness (QED) is 0.452. The molecule has 178 valence electrons. The molecule has 0 fully saturated rings. The number of halogens is 3. The van der Waals surface area contributed by atoms with Gasteiger partial charge >= 0.3 is 6.18 Å². The van der Waals surface area contributed by atoms with Crippen molar-refractivity contribution in [1.29, 1.82) is 0 Å². The number of benzene rings is 1. The predicted octanol–water partition coefficient (Wildman–Crippen LogP) is 4.17. The van der Waals surface area contributed by atoms with Gasteiger partial charge in [0.05, 0.1) is 25.0 Å². The van der Waals surface area contributed by atoms with E-state index in [0.29, 0.717) is 36.0 Å². The molecule has 2 N–H and O–H groups in total. The lowest BCUT2D eigenvalue weighted by molar-refractivity contribution is -0.142. The van der Waals surface area contributed by atoms with Crippen molar-refractivity contribution in [3.63, 3.8) is 0 Å². The fourth-order valence-electron chi connectivity index (χ4n) is 3.83.